The number of unbranched alkanes of at least 4 members (excludes halogenated alkanes) is 2. The van der Waals surface area contributed by atoms with Gasteiger partial charge in [-0.05, 0) is 35.8 Å². The van der Waals surface area contributed by atoms with Crippen LogP contribution in [0.15, 0.2) is 81.6 Å². The van der Waals surface area contributed by atoms with E-state index in [9.17, 15) is 0 Å². The quantitative estimate of drug-likeness (QED) is 0.166. The van der Waals surface area contributed by atoms with Crippen molar-refractivity contribution in [3.8, 4) is 0 Å². The van der Waals surface area contributed by atoms with Crippen molar-refractivity contribution < 1.29 is 16.1 Å². The molecule has 0 N–H and O–H groups in total. The maximum Gasteiger partial charge on any atom is -0.0271 e. The van der Waals surface area contributed by atoms with Crippen LogP contribution in [0.25, 0.3) is 0 Å². The molecular weight excluding hydrogens is 523 g/mol. The second-order valence-corrected chi connectivity index (χ2v) is 13.4. The van der Waals surface area contributed by atoms with E-state index in [1.807, 2.05) is 0 Å². The van der Waals surface area contributed by atoms with Gasteiger partial charge in [0.25, 0.3) is 0 Å². The second-order valence-electron chi connectivity index (χ2n) is 8.51. The number of benzene rings is 2. The van der Waals surface area contributed by atoms with Crippen molar-refractivity contribution in [2.24, 2.45) is 5.41 Å². The molecule has 2 atom stereocenters. The molecule has 0 spiro atoms. The summed E-state index contributed by atoms with van der Waals surface area (Å²) in [6, 6.07) is 21.7. The van der Waals surface area contributed by atoms with Gasteiger partial charge in [-0.25, -0.2) is 0 Å². The van der Waals surface area contributed by atoms with Crippen LogP contribution in [0.2, 0.25) is 0 Å². The summed E-state index contributed by atoms with van der Waals surface area (Å²) >= 11 is -0.101. The summed E-state index contributed by atoms with van der Waals surface area (Å²) in [5.41, 5.74) is 4.61. The molecule has 0 saturated heterocycles. The predicted molar refractivity (Wildman–Crippen MR) is 143 cm³/mol. The van der Waals surface area contributed by atoms with Crippen LogP contribution in [0.5, 0.6) is 0 Å². The Bertz CT molecular complexity index is 814. The first-order valence-electron chi connectivity index (χ1n) is 11.1. The zero-order chi connectivity index (χ0) is 22.7. The predicted octanol–water partition coefficient (Wildman–Crippen LogP) is 8.04. The molecule has 0 aliphatic heterocycles. The van der Waals surface area contributed by atoms with Gasteiger partial charge in [0.2, 0.25) is 0 Å². The molecule has 4 heteroatoms. The summed E-state index contributed by atoms with van der Waals surface area (Å²) in [7, 11) is 8.01. The van der Waals surface area contributed by atoms with E-state index in [4.69, 9.17) is 9.69 Å². The van der Waals surface area contributed by atoms with E-state index in [1.165, 1.54) is 63.1 Å². The number of allylic oxidation sites excluding steroid dienone is 4. The van der Waals surface area contributed by atoms with Crippen LogP contribution in [-0.2, 0) is 16.1 Å². The van der Waals surface area contributed by atoms with E-state index in [-0.39, 0.29) is 21.6 Å². The van der Waals surface area contributed by atoms with Crippen LogP contribution < -0.4 is 10.6 Å². The van der Waals surface area contributed by atoms with Crippen LogP contribution in [0.3, 0.4) is 0 Å². The van der Waals surface area contributed by atoms with Crippen molar-refractivity contribution in [3.05, 3.63) is 81.6 Å². The molecule has 0 saturated carbocycles. The summed E-state index contributed by atoms with van der Waals surface area (Å²) in [6.07, 6.45) is 6.87. The van der Waals surface area contributed by atoms with Crippen molar-refractivity contribution in [1.29, 1.82) is 0 Å². The number of hydrogen-bond donors (Lipinski definition) is 0. The molecule has 3 rings (SSSR count). The monoisotopic (exact) mass is 560 g/mol. The third-order valence-electron chi connectivity index (χ3n) is 6.04. The minimum Gasteiger partial charge on any atom is -0.0904 e. The largest absolute Gasteiger partial charge is 0.0904 e. The smallest absolute Gasteiger partial charge is 0.0271 e. The van der Waals surface area contributed by atoms with Gasteiger partial charge in [-0.15, -0.1) is 0 Å². The van der Waals surface area contributed by atoms with Crippen molar-refractivity contribution in [3.63, 3.8) is 0 Å². The first-order chi connectivity index (χ1) is 14.9. The van der Waals surface area contributed by atoms with Gasteiger partial charge >= 0.3 is 86.7 Å². The Balaban J connectivity index is 0.000000245. The van der Waals surface area contributed by atoms with E-state index >= 15 is 0 Å². The molecule has 0 fully saturated rings. The molecule has 0 nitrogen and oxygen atoms in total. The molecule has 0 aromatic heterocycles. The number of hydrogen-bond acceptors (Lipinski definition) is 0. The van der Waals surface area contributed by atoms with Gasteiger partial charge in [0.05, 0.1) is 0 Å². The fraction of sp³-hybridized carbons (Fsp3) is 0.407. The minimum atomic E-state index is -0.101. The van der Waals surface area contributed by atoms with Gasteiger partial charge in [-0.1, -0.05) is 84.2 Å². The molecular formula is C27H37ClP2Ru. The Hall–Kier alpha value is -0.307. The third kappa shape index (κ3) is 8.52. The number of halogens is 1. The maximum absolute atomic E-state index is 6.02. The van der Waals surface area contributed by atoms with Crippen molar-refractivity contribution in [1.82, 2.24) is 0 Å². The fourth-order valence-electron chi connectivity index (χ4n) is 3.68. The fourth-order valence-corrected chi connectivity index (χ4v) is 8.85. The topological polar surface area (TPSA) is 0 Å². The van der Waals surface area contributed by atoms with Gasteiger partial charge in [-0.2, -0.15) is 0 Å². The first-order valence-corrected chi connectivity index (χ1v) is 16.6. The summed E-state index contributed by atoms with van der Waals surface area (Å²) in [6.45, 7) is 11.2. The molecule has 2 aromatic carbocycles. The molecule has 0 bridgehead atoms. The molecule has 1 aliphatic rings. The summed E-state index contributed by atoms with van der Waals surface area (Å²) in [5.74, 6) is 0. The van der Waals surface area contributed by atoms with E-state index < -0.39 is 0 Å². The summed E-state index contributed by atoms with van der Waals surface area (Å²) in [4.78, 5) is 0. The normalized spacial score (nSPS) is 16.1. The van der Waals surface area contributed by atoms with Crippen LogP contribution in [0.1, 0.15) is 53.9 Å². The molecule has 2 unspecified atom stereocenters. The Labute approximate surface area is 205 Å². The van der Waals surface area contributed by atoms with Crippen LogP contribution in [0.4, 0.5) is 0 Å². The van der Waals surface area contributed by atoms with Gasteiger partial charge in [0.1, 0.15) is 0 Å². The molecule has 0 heterocycles. The van der Waals surface area contributed by atoms with Crippen LogP contribution in [0, 0.1) is 5.41 Å². The average molecular weight is 560 g/mol. The van der Waals surface area contributed by atoms with Crippen molar-refractivity contribution >= 4 is 37.5 Å². The van der Waals surface area contributed by atoms with Gasteiger partial charge in [-0.3, -0.25) is 0 Å². The van der Waals surface area contributed by atoms with Crippen molar-refractivity contribution in [2.75, 3.05) is 12.3 Å². The Morgan fingerprint density at radius 3 is 1.48 bits per heavy atom. The van der Waals surface area contributed by atoms with E-state index in [0.717, 1.165) is 17.2 Å². The first kappa shape index (κ1) is 26.9. The number of rotatable bonds is 9. The minimum absolute atomic E-state index is 0.101. The van der Waals surface area contributed by atoms with E-state index in [1.54, 1.807) is 0 Å². The van der Waals surface area contributed by atoms with Crippen molar-refractivity contribution in [2.45, 2.75) is 53.9 Å². The second kappa shape index (κ2) is 14.1. The molecule has 1 aliphatic carbocycles. The SMILES string of the molecule is CC1=C(C)C(C)(C)[C]([Ru][Cl])=C1C.c1ccc(PCCCCCPc2ccccc2)cc1. The van der Waals surface area contributed by atoms with Gasteiger partial charge in [0, 0.05) is 0 Å². The zero-order valence-corrected chi connectivity index (χ0v) is 24.0. The summed E-state index contributed by atoms with van der Waals surface area (Å²) < 4.78 is 1.48. The zero-order valence-electron chi connectivity index (χ0n) is 19.5. The van der Waals surface area contributed by atoms with Crippen LogP contribution >= 0.6 is 26.9 Å². The molecule has 170 valence electrons. The Kier molecular flexibility index (Phi) is 12.2. The van der Waals surface area contributed by atoms with E-state index in [2.05, 4.69) is 95.3 Å². The third-order valence-corrected chi connectivity index (χ3v) is 11.6. The molecule has 0 amide bonds. The molecule has 2 aromatic rings. The van der Waals surface area contributed by atoms with Crippen LogP contribution in [-0.4, -0.2) is 12.3 Å². The van der Waals surface area contributed by atoms with E-state index in [0.29, 0.717) is 0 Å². The Morgan fingerprint density at radius 2 is 1.16 bits per heavy atom. The van der Waals surface area contributed by atoms with Gasteiger partial charge in [0.15, 0.2) is 0 Å². The molecule has 31 heavy (non-hydrogen) atoms. The standard InChI is InChI=1S/C17H22P2.C10H15.ClH.Ru/c1-4-10-16(11-5-1)18-14-8-3-9-15-19-17-12-6-2-7-13-17;1-7-6-10(4,5)9(3)8(7)2;;/h1-2,4-7,10-13,18-19H,3,8-9,14-15H2;1-5H3;1H;/q;;;+1/p-1. The van der Waals surface area contributed by atoms with Gasteiger partial charge < -0.3 is 0 Å². The maximum atomic E-state index is 6.02. The summed E-state index contributed by atoms with van der Waals surface area (Å²) in [5, 5.41) is 3.02. The molecule has 0 radical (unpaired) electrons. The average Bonchev–Trinajstić information content (AvgIpc) is 2.93. The Morgan fingerprint density at radius 1 is 0.710 bits per heavy atom.